The van der Waals surface area contributed by atoms with E-state index in [-0.39, 0.29) is 16.5 Å². The topological polar surface area (TPSA) is 139 Å². The molecule has 33 heavy (non-hydrogen) atoms. The zero-order chi connectivity index (χ0) is 23.8. The summed E-state index contributed by atoms with van der Waals surface area (Å²) < 4.78 is 57.1. The molecule has 10 nitrogen and oxygen atoms in total. The van der Waals surface area contributed by atoms with Crippen molar-refractivity contribution in [1.29, 1.82) is 0 Å². The minimum absolute atomic E-state index is 0.0136. The predicted molar refractivity (Wildman–Crippen MR) is 120 cm³/mol. The molecule has 2 aliphatic heterocycles. The van der Waals surface area contributed by atoms with Gasteiger partial charge in [-0.05, 0) is 49.2 Å². The standard InChI is InChI=1S/C21H21N3O7S2/c1-2-32(27,28)24-10-9-14-11-15(7-8-17(14)24)18(25)13-31-20(26)12-22-21-16-5-3-4-6-19(16)33(29,30)23-21/h3-8,11H,2,9-10,12-13H2,1H3,(H,22,23). The Balaban J connectivity index is 1.37. The highest BCUT2D eigenvalue weighted by atomic mass is 32.2. The Bertz CT molecular complexity index is 1380. The molecule has 0 radical (unpaired) electrons. The van der Waals surface area contributed by atoms with Crippen LogP contribution in [-0.4, -0.2) is 59.9 Å². The van der Waals surface area contributed by atoms with Crippen LogP contribution in [0.2, 0.25) is 0 Å². The molecule has 0 spiro atoms. The largest absolute Gasteiger partial charge is 0.456 e. The summed E-state index contributed by atoms with van der Waals surface area (Å²) in [6.45, 7) is 0.922. The van der Waals surface area contributed by atoms with Gasteiger partial charge in [0.05, 0.1) is 16.3 Å². The number of carbonyl (C=O) groups excluding carboxylic acids is 2. The van der Waals surface area contributed by atoms with Crippen molar-refractivity contribution in [2.45, 2.75) is 18.2 Å². The molecule has 0 amide bonds. The van der Waals surface area contributed by atoms with E-state index < -0.39 is 45.0 Å². The minimum Gasteiger partial charge on any atom is -0.456 e. The fourth-order valence-corrected chi connectivity index (χ4v) is 6.07. The number of hydrogen-bond acceptors (Lipinski definition) is 8. The molecule has 12 heteroatoms. The van der Waals surface area contributed by atoms with Crippen molar-refractivity contribution < 1.29 is 31.2 Å². The van der Waals surface area contributed by atoms with E-state index in [0.29, 0.717) is 29.8 Å². The molecule has 0 aliphatic carbocycles. The van der Waals surface area contributed by atoms with Gasteiger partial charge >= 0.3 is 5.97 Å². The zero-order valence-corrected chi connectivity index (χ0v) is 19.3. The third-order valence-electron chi connectivity index (χ3n) is 5.35. The molecule has 0 atom stereocenters. The number of sulfonamides is 2. The van der Waals surface area contributed by atoms with E-state index in [1.54, 1.807) is 37.3 Å². The lowest BCUT2D eigenvalue weighted by Gasteiger charge is -2.18. The number of nitrogens with one attached hydrogen (secondary N) is 1. The number of esters is 1. The second-order valence-corrected chi connectivity index (χ2v) is 11.2. The minimum atomic E-state index is -3.71. The average molecular weight is 492 g/mol. The van der Waals surface area contributed by atoms with E-state index in [1.807, 2.05) is 0 Å². The molecule has 0 unspecified atom stereocenters. The van der Waals surface area contributed by atoms with Crippen LogP contribution in [0.25, 0.3) is 0 Å². The Hall–Kier alpha value is -3.25. The summed E-state index contributed by atoms with van der Waals surface area (Å²) in [7, 11) is -7.09. The van der Waals surface area contributed by atoms with Crippen molar-refractivity contribution in [3.63, 3.8) is 0 Å². The first kappa shape index (κ1) is 22.9. The number of ketones is 1. The smallest absolute Gasteiger partial charge is 0.328 e. The molecular weight excluding hydrogens is 470 g/mol. The molecule has 2 aliphatic rings. The molecule has 0 fully saturated rings. The quantitative estimate of drug-likeness (QED) is 0.448. The summed E-state index contributed by atoms with van der Waals surface area (Å²) in [6, 6.07) is 10.9. The summed E-state index contributed by atoms with van der Waals surface area (Å²) in [6.07, 6.45) is 0.490. The second kappa shape index (κ2) is 8.60. The van der Waals surface area contributed by atoms with Crippen molar-refractivity contribution in [3.05, 3.63) is 59.2 Å². The van der Waals surface area contributed by atoms with Gasteiger partial charge in [-0.2, -0.15) is 0 Å². The Kier molecular flexibility index (Phi) is 5.97. The first-order valence-corrected chi connectivity index (χ1v) is 13.2. The molecule has 0 saturated carbocycles. The van der Waals surface area contributed by atoms with Crippen LogP contribution in [0.3, 0.4) is 0 Å². The van der Waals surface area contributed by atoms with Crippen molar-refractivity contribution in [3.8, 4) is 0 Å². The Morgan fingerprint density at radius 1 is 1.18 bits per heavy atom. The summed E-state index contributed by atoms with van der Waals surface area (Å²) in [4.78, 5) is 28.6. The second-order valence-electron chi connectivity index (χ2n) is 7.42. The third kappa shape index (κ3) is 4.48. The van der Waals surface area contributed by atoms with Crippen LogP contribution in [-0.2, 0) is 36.0 Å². The van der Waals surface area contributed by atoms with E-state index in [1.165, 1.54) is 16.4 Å². The highest BCUT2D eigenvalue weighted by Gasteiger charge is 2.31. The monoisotopic (exact) mass is 491 g/mol. The zero-order valence-electron chi connectivity index (χ0n) is 17.6. The van der Waals surface area contributed by atoms with Gasteiger partial charge in [-0.25, -0.2) is 16.8 Å². The van der Waals surface area contributed by atoms with E-state index in [0.717, 1.165) is 5.56 Å². The van der Waals surface area contributed by atoms with E-state index in [4.69, 9.17) is 4.74 Å². The van der Waals surface area contributed by atoms with Crippen LogP contribution in [0.5, 0.6) is 0 Å². The predicted octanol–water partition coefficient (Wildman–Crippen LogP) is 0.863. The molecule has 2 aromatic carbocycles. The number of fused-ring (bicyclic) bond motifs is 2. The molecule has 2 heterocycles. The number of ether oxygens (including phenoxy) is 1. The van der Waals surface area contributed by atoms with Crippen LogP contribution >= 0.6 is 0 Å². The van der Waals surface area contributed by atoms with Gasteiger partial charge < -0.3 is 4.74 Å². The van der Waals surface area contributed by atoms with E-state index in [9.17, 15) is 26.4 Å². The van der Waals surface area contributed by atoms with Crippen LogP contribution in [0, 0.1) is 0 Å². The van der Waals surface area contributed by atoms with Gasteiger partial charge in [-0.3, -0.25) is 23.6 Å². The lowest BCUT2D eigenvalue weighted by Crippen LogP contribution is -2.30. The van der Waals surface area contributed by atoms with Crippen LogP contribution in [0.15, 0.2) is 52.4 Å². The Labute approximate surface area is 191 Å². The Morgan fingerprint density at radius 2 is 1.94 bits per heavy atom. The molecule has 1 N–H and O–H groups in total. The number of rotatable bonds is 7. The van der Waals surface area contributed by atoms with Gasteiger partial charge in [-0.15, -0.1) is 0 Å². The number of carbonyl (C=O) groups is 2. The number of benzene rings is 2. The molecule has 2 aromatic rings. The van der Waals surface area contributed by atoms with Crippen molar-refractivity contribution >= 4 is 43.3 Å². The number of nitrogens with zero attached hydrogens (tertiary/aromatic N) is 2. The lowest BCUT2D eigenvalue weighted by molar-refractivity contribution is -0.140. The molecular formula is C21H21N3O7S2. The number of anilines is 1. The van der Waals surface area contributed by atoms with Crippen LogP contribution < -0.4 is 9.03 Å². The first-order valence-electron chi connectivity index (χ1n) is 10.1. The third-order valence-corrected chi connectivity index (χ3v) is 8.53. The maximum Gasteiger partial charge on any atom is 0.328 e. The molecule has 4 rings (SSSR count). The summed E-state index contributed by atoms with van der Waals surface area (Å²) in [5, 5.41) is 0. The van der Waals surface area contributed by atoms with Crippen molar-refractivity contribution in [2.75, 3.05) is 29.8 Å². The summed E-state index contributed by atoms with van der Waals surface area (Å²) >= 11 is 0. The maximum absolute atomic E-state index is 12.5. The van der Waals surface area contributed by atoms with Gasteiger partial charge in [-0.1, -0.05) is 12.1 Å². The highest BCUT2D eigenvalue weighted by molar-refractivity contribution is 7.92. The van der Waals surface area contributed by atoms with Crippen LogP contribution in [0.4, 0.5) is 5.69 Å². The van der Waals surface area contributed by atoms with Gasteiger partial charge in [0, 0.05) is 17.7 Å². The number of aliphatic imine (C=N–C) groups is 1. The fourth-order valence-electron chi connectivity index (χ4n) is 3.66. The van der Waals surface area contributed by atoms with Gasteiger partial charge in [0.1, 0.15) is 12.4 Å². The molecule has 174 valence electrons. The SMILES string of the molecule is CCS(=O)(=O)N1CCc2cc(C(=O)COC(=O)CN=C3NS(=O)(=O)c4ccccc43)ccc21. The normalized spacial score (nSPS) is 17.4. The van der Waals surface area contributed by atoms with Gasteiger partial charge in [0.15, 0.2) is 12.4 Å². The molecule has 0 aromatic heterocycles. The van der Waals surface area contributed by atoms with E-state index in [2.05, 4.69) is 9.71 Å². The Morgan fingerprint density at radius 3 is 2.70 bits per heavy atom. The number of Topliss-reactive ketones (excluding diaryl/α,β-unsaturated/α-hetero) is 1. The van der Waals surface area contributed by atoms with Gasteiger partial charge in [0.25, 0.3) is 10.0 Å². The van der Waals surface area contributed by atoms with Crippen molar-refractivity contribution in [2.24, 2.45) is 4.99 Å². The molecule has 0 bridgehead atoms. The molecule has 0 saturated heterocycles. The first-order chi connectivity index (χ1) is 15.6. The van der Waals surface area contributed by atoms with Crippen LogP contribution in [0.1, 0.15) is 28.4 Å². The summed E-state index contributed by atoms with van der Waals surface area (Å²) in [5.74, 6) is -1.21. The number of amidine groups is 1. The fraction of sp³-hybridized carbons (Fsp3) is 0.286. The summed E-state index contributed by atoms with van der Waals surface area (Å²) in [5.41, 5.74) is 1.96. The highest BCUT2D eigenvalue weighted by Crippen LogP contribution is 2.31. The number of hydrogen-bond donors (Lipinski definition) is 1. The lowest BCUT2D eigenvalue weighted by atomic mass is 10.1. The maximum atomic E-state index is 12.5. The van der Waals surface area contributed by atoms with E-state index >= 15 is 0 Å². The van der Waals surface area contributed by atoms with Gasteiger partial charge in [0.2, 0.25) is 10.0 Å². The van der Waals surface area contributed by atoms with Crippen molar-refractivity contribution in [1.82, 2.24) is 4.72 Å². The average Bonchev–Trinajstić information content (AvgIpc) is 3.34.